The van der Waals surface area contributed by atoms with Crippen LogP contribution in [0.3, 0.4) is 0 Å². The van der Waals surface area contributed by atoms with Gasteiger partial charge < -0.3 is 9.97 Å². The predicted octanol–water partition coefficient (Wildman–Crippen LogP) is 5.53. The minimum absolute atomic E-state index is 0.922. The van der Waals surface area contributed by atoms with Crippen molar-refractivity contribution < 1.29 is 15.1 Å². The van der Waals surface area contributed by atoms with E-state index in [1.54, 1.807) is 12.4 Å². The largest absolute Gasteiger partial charge is 0.345 e. The number of nitrogens with one attached hydrogen (secondary N) is 2. The Balaban J connectivity index is 0.000000156. The monoisotopic (exact) mass is 422 g/mol. The van der Waals surface area contributed by atoms with Crippen LogP contribution in [0.2, 0.25) is 0 Å². The Kier molecular flexibility index (Phi) is 8.99. The molecule has 0 bridgehead atoms. The van der Waals surface area contributed by atoms with Gasteiger partial charge in [0.15, 0.2) is 0 Å². The number of aromatic nitrogens is 4. The van der Waals surface area contributed by atoms with Crippen molar-refractivity contribution in [3.8, 4) is 22.8 Å². The molecule has 0 saturated carbocycles. The van der Waals surface area contributed by atoms with Crippen LogP contribution in [0.25, 0.3) is 22.8 Å². The molecule has 4 rings (SSSR count). The first-order chi connectivity index (χ1) is 12.3. The minimum atomic E-state index is -0.931. The number of hydrogen-bond acceptors (Lipinski definition) is 2. The maximum Gasteiger partial charge on any atom is 0.137 e. The molecule has 0 atom stereocenters. The summed E-state index contributed by atoms with van der Waals surface area (Å²) in [6.07, 6.45) is 7.15. The van der Waals surface area contributed by atoms with E-state index >= 15 is 0 Å². The molecule has 2 aromatic carbocycles. The number of halogens is 2. The number of benzene rings is 2. The van der Waals surface area contributed by atoms with Gasteiger partial charge in [-0.1, -0.05) is 60.7 Å². The molecule has 2 aromatic heterocycles. The van der Waals surface area contributed by atoms with Crippen LogP contribution in [-0.4, -0.2) is 19.9 Å². The van der Waals surface area contributed by atoms with E-state index in [4.69, 9.17) is 19.4 Å². The molecular formula is C18H16Cl2N4Zn. The van der Waals surface area contributed by atoms with Crippen LogP contribution in [0.1, 0.15) is 0 Å². The summed E-state index contributed by atoms with van der Waals surface area (Å²) in [6.45, 7) is 0. The van der Waals surface area contributed by atoms with E-state index in [0.29, 0.717) is 0 Å². The zero-order chi connectivity index (χ0) is 17.7. The molecule has 0 unspecified atom stereocenters. The summed E-state index contributed by atoms with van der Waals surface area (Å²) >= 11 is -0.931. The van der Waals surface area contributed by atoms with Crippen molar-refractivity contribution >= 4 is 19.4 Å². The van der Waals surface area contributed by atoms with E-state index in [9.17, 15) is 0 Å². The van der Waals surface area contributed by atoms with E-state index in [0.717, 1.165) is 22.8 Å². The summed E-state index contributed by atoms with van der Waals surface area (Å²) in [6, 6.07) is 20.1. The van der Waals surface area contributed by atoms with Crippen molar-refractivity contribution in [2.45, 2.75) is 0 Å². The Labute approximate surface area is 162 Å². The van der Waals surface area contributed by atoms with Gasteiger partial charge in [-0.15, -0.1) is 0 Å². The van der Waals surface area contributed by atoms with Crippen LogP contribution in [0.5, 0.6) is 0 Å². The minimum Gasteiger partial charge on any atom is -0.345 e. The molecule has 4 nitrogen and oxygen atoms in total. The van der Waals surface area contributed by atoms with Crippen LogP contribution in [0, 0.1) is 0 Å². The van der Waals surface area contributed by atoms with Gasteiger partial charge in [0.05, 0.1) is 0 Å². The zero-order valence-corrected chi connectivity index (χ0v) is 17.9. The van der Waals surface area contributed by atoms with Crippen molar-refractivity contribution in [2.24, 2.45) is 0 Å². The van der Waals surface area contributed by atoms with E-state index < -0.39 is 15.1 Å². The van der Waals surface area contributed by atoms with E-state index in [1.165, 1.54) is 0 Å². The van der Waals surface area contributed by atoms with E-state index in [1.807, 2.05) is 73.1 Å². The van der Waals surface area contributed by atoms with Gasteiger partial charge in [0.2, 0.25) is 0 Å². The zero-order valence-electron chi connectivity index (χ0n) is 13.4. The maximum absolute atomic E-state index is 4.95. The molecule has 25 heavy (non-hydrogen) atoms. The van der Waals surface area contributed by atoms with Gasteiger partial charge in [-0.3, -0.25) is 0 Å². The van der Waals surface area contributed by atoms with Crippen molar-refractivity contribution in [3.05, 3.63) is 85.5 Å². The molecule has 0 radical (unpaired) electrons. The van der Waals surface area contributed by atoms with Crippen molar-refractivity contribution in [1.82, 2.24) is 19.9 Å². The first kappa shape index (κ1) is 19.4. The molecule has 2 heterocycles. The molecule has 2 N–H and O–H groups in total. The summed E-state index contributed by atoms with van der Waals surface area (Å²) in [5, 5.41) is 0. The number of rotatable bonds is 2. The molecule has 7 heteroatoms. The molecule has 0 aliphatic rings. The molecule has 4 aromatic rings. The molecule has 0 amide bonds. The molecule has 0 saturated heterocycles. The Morgan fingerprint density at radius 2 is 1.00 bits per heavy atom. The fourth-order valence-electron chi connectivity index (χ4n) is 2.04. The second kappa shape index (κ2) is 11.6. The molecule has 124 valence electrons. The second-order valence-electron chi connectivity index (χ2n) is 4.71. The number of nitrogens with zero attached hydrogens (tertiary/aromatic N) is 2. The van der Waals surface area contributed by atoms with Gasteiger partial charge in [-0.2, -0.15) is 0 Å². The van der Waals surface area contributed by atoms with Crippen LogP contribution >= 0.6 is 19.4 Å². The third kappa shape index (κ3) is 6.83. The van der Waals surface area contributed by atoms with Crippen LogP contribution in [0.15, 0.2) is 85.5 Å². The van der Waals surface area contributed by atoms with Gasteiger partial charge in [0, 0.05) is 35.9 Å². The molecule has 0 aliphatic carbocycles. The topological polar surface area (TPSA) is 57.4 Å². The van der Waals surface area contributed by atoms with Crippen LogP contribution in [-0.2, 0) is 15.1 Å². The van der Waals surface area contributed by atoms with Gasteiger partial charge in [0.1, 0.15) is 11.6 Å². The first-order valence-electron chi connectivity index (χ1n) is 7.56. The smallest absolute Gasteiger partial charge is 0.137 e. The number of H-pyrrole nitrogens is 2. The number of imidazole rings is 2. The second-order valence-corrected chi connectivity index (χ2v) is 9.33. The van der Waals surface area contributed by atoms with Gasteiger partial charge in [-0.25, -0.2) is 9.97 Å². The predicted molar refractivity (Wildman–Crippen MR) is 99.8 cm³/mol. The van der Waals surface area contributed by atoms with Crippen molar-refractivity contribution in [3.63, 3.8) is 0 Å². The standard InChI is InChI=1S/2C9H8N2.2ClH.Zn/c2*1-2-4-8(5-3-1)9-10-6-7-11-9;;;/h2*1-7H,(H,10,11);2*1H;/q;;;;+2/p-2. The Hall–Kier alpha value is -1.94. The number of aromatic amines is 2. The summed E-state index contributed by atoms with van der Waals surface area (Å²) in [7, 11) is 9.90. The Bertz CT molecular complexity index is 722. The van der Waals surface area contributed by atoms with Gasteiger partial charge >= 0.3 is 34.5 Å². The summed E-state index contributed by atoms with van der Waals surface area (Å²) < 4.78 is 0. The fourth-order valence-corrected chi connectivity index (χ4v) is 2.04. The SMILES string of the molecule is [Cl][Zn][Cl].c1ccc(-c2ncc[nH]2)cc1.c1ccc(-c2ncc[nH]2)cc1. The van der Waals surface area contributed by atoms with Gasteiger partial charge in [-0.05, 0) is 0 Å². The quantitative estimate of drug-likeness (QED) is 0.416. The molecular weight excluding hydrogens is 409 g/mol. The van der Waals surface area contributed by atoms with Crippen molar-refractivity contribution in [2.75, 3.05) is 0 Å². The first-order valence-corrected chi connectivity index (χ1v) is 15.4. The van der Waals surface area contributed by atoms with E-state index in [2.05, 4.69) is 19.9 Å². The van der Waals surface area contributed by atoms with Crippen molar-refractivity contribution in [1.29, 1.82) is 0 Å². The van der Waals surface area contributed by atoms with E-state index in [-0.39, 0.29) is 0 Å². The Morgan fingerprint density at radius 3 is 1.28 bits per heavy atom. The summed E-state index contributed by atoms with van der Waals surface area (Å²) in [4.78, 5) is 14.3. The molecule has 0 aliphatic heterocycles. The normalized spacial score (nSPS) is 9.04. The maximum atomic E-state index is 4.95. The van der Waals surface area contributed by atoms with Crippen LogP contribution < -0.4 is 0 Å². The molecule has 0 fully saturated rings. The van der Waals surface area contributed by atoms with Gasteiger partial charge in [0.25, 0.3) is 0 Å². The Morgan fingerprint density at radius 1 is 0.640 bits per heavy atom. The summed E-state index contributed by atoms with van der Waals surface area (Å²) in [5.41, 5.74) is 2.25. The summed E-state index contributed by atoms with van der Waals surface area (Å²) in [5.74, 6) is 1.84. The molecule has 0 spiro atoms. The van der Waals surface area contributed by atoms with Crippen LogP contribution in [0.4, 0.5) is 0 Å². The average Bonchev–Trinajstić information content (AvgIpc) is 3.39. The average molecular weight is 425 g/mol. The third-order valence-corrected chi connectivity index (χ3v) is 3.09. The fraction of sp³-hybridized carbons (Fsp3) is 0. The third-order valence-electron chi connectivity index (χ3n) is 3.09. The number of hydrogen-bond donors (Lipinski definition) is 2.